The molecule has 13 heavy (non-hydrogen) atoms. The molecule has 1 aromatic heterocycles. The van der Waals surface area contributed by atoms with Crippen LogP contribution in [0, 0.1) is 6.92 Å². The molecule has 0 fully saturated rings. The summed E-state index contributed by atoms with van der Waals surface area (Å²) in [6, 6.07) is 0. The minimum absolute atomic E-state index is 0.387. The van der Waals surface area contributed by atoms with Gasteiger partial charge in [-0.1, -0.05) is 12.2 Å². The first kappa shape index (κ1) is 9.66. The summed E-state index contributed by atoms with van der Waals surface area (Å²) in [5, 5.41) is 5.70. The number of aryl methyl sites for hydroxylation is 1. The number of rotatable bonds is 3. The lowest BCUT2D eigenvalue weighted by Crippen LogP contribution is -2.08. The maximum Gasteiger partial charge on any atom is 0.155 e. The third kappa shape index (κ3) is 2.03. The number of aromatic nitrogens is 2. The highest BCUT2D eigenvalue weighted by Gasteiger charge is 2.07. The van der Waals surface area contributed by atoms with Crippen LogP contribution in [0.1, 0.15) is 5.82 Å². The zero-order chi connectivity index (χ0) is 9.84. The largest absolute Gasteiger partial charge is 0.382 e. The van der Waals surface area contributed by atoms with E-state index in [-0.39, 0.29) is 0 Å². The second-order valence-electron chi connectivity index (χ2n) is 2.39. The standard InChI is InChI=1S/C7H11N5S/c1-4-11-6(8)5(10-3-13)7(9-2)12-4/h3H,1-2H3,(H,10,13)(H3,8,9,11,12). The molecule has 6 heteroatoms. The number of hydrogen-bond acceptors (Lipinski definition) is 5. The molecule has 0 unspecified atom stereocenters. The van der Waals surface area contributed by atoms with Crippen molar-refractivity contribution in [2.75, 3.05) is 23.4 Å². The van der Waals surface area contributed by atoms with E-state index in [4.69, 9.17) is 5.73 Å². The van der Waals surface area contributed by atoms with E-state index < -0.39 is 0 Å². The van der Waals surface area contributed by atoms with Crippen LogP contribution in [-0.2, 0) is 0 Å². The van der Waals surface area contributed by atoms with Crippen molar-refractivity contribution < 1.29 is 0 Å². The Morgan fingerprint density at radius 2 is 2.15 bits per heavy atom. The van der Waals surface area contributed by atoms with Crippen LogP contribution in [-0.4, -0.2) is 22.5 Å². The van der Waals surface area contributed by atoms with Gasteiger partial charge in [0.05, 0.1) is 5.49 Å². The molecule has 0 aliphatic heterocycles. The molecular formula is C7H11N5S. The molecule has 0 aromatic carbocycles. The van der Waals surface area contributed by atoms with Gasteiger partial charge in [0.1, 0.15) is 11.5 Å². The summed E-state index contributed by atoms with van der Waals surface area (Å²) >= 11 is 4.66. The smallest absolute Gasteiger partial charge is 0.155 e. The molecular weight excluding hydrogens is 186 g/mol. The molecule has 0 amide bonds. The molecule has 0 spiro atoms. The van der Waals surface area contributed by atoms with Gasteiger partial charge in [0, 0.05) is 7.05 Å². The first-order chi connectivity index (χ1) is 6.19. The summed E-state index contributed by atoms with van der Waals surface area (Å²) < 4.78 is 0. The minimum Gasteiger partial charge on any atom is -0.382 e. The topological polar surface area (TPSA) is 75.9 Å². The summed E-state index contributed by atoms with van der Waals surface area (Å²) in [4.78, 5) is 8.14. The van der Waals surface area contributed by atoms with Crippen LogP contribution in [0.3, 0.4) is 0 Å². The minimum atomic E-state index is 0.387. The molecule has 0 atom stereocenters. The SMILES string of the molecule is CNc1nc(C)nc(N)c1NC=S. The van der Waals surface area contributed by atoms with Crippen molar-refractivity contribution in [1.29, 1.82) is 0 Å². The molecule has 0 saturated carbocycles. The van der Waals surface area contributed by atoms with E-state index in [0.717, 1.165) is 0 Å². The second kappa shape index (κ2) is 3.99. The lowest BCUT2D eigenvalue weighted by Gasteiger charge is -2.09. The first-order valence-electron chi connectivity index (χ1n) is 3.71. The fourth-order valence-corrected chi connectivity index (χ4v) is 1.09. The van der Waals surface area contributed by atoms with Crippen LogP contribution < -0.4 is 16.4 Å². The van der Waals surface area contributed by atoms with Crippen LogP contribution in [0.5, 0.6) is 0 Å². The Bertz CT molecular complexity index is 325. The fraction of sp³-hybridized carbons (Fsp3) is 0.286. The Hall–Kier alpha value is -1.43. The lowest BCUT2D eigenvalue weighted by atomic mass is 10.4. The van der Waals surface area contributed by atoms with Gasteiger partial charge >= 0.3 is 0 Å². The van der Waals surface area contributed by atoms with Gasteiger partial charge in [-0.3, -0.25) is 0 Å². The second-order valence-corrected chi connectivity index (χ2v) is 2.63. The zero-order valence-electron chi connectivity index (χ0n) is 7.46. The van der Waals surface area contributed by atoms with Gasteiger partial charge in [0.15, 0.2) is 11.6 Å². The van der Waals surface area contributed by atoms with Crippen molar-refractivity contribution >= 4 is 35.0 Å². The van der Waals surface area contributed by atoms with Gasteiger partial charge in [0.25, 0.3) is 0 Å². The third-order valence-corrected chi connectivity index (χ3v) is 1.61. The molecule has 1 aromatic rings. The van der Waals surface area contributed by atoms with Crippen LogP contribution in [0.15, 0.2) is 0 Å². The molecule has 4 N–H and O–H groups in total. The highest BCUT2D eigenvalue weighted by Crippen LogP contribution is 2.23. The normalized spacial score (nSPS) is 9.38. The summed E-state index contributed by atoms with van der Waals surface area (Å²) in [7, 11) is 1.76. The van der Waals surface area contributed by atoms with Gasteiger partial charge in [-0.2, -0.15) is 0 Å². The monoisotopic (exact) mass is 197 g/mol. The van der Waals surface area contributed by atoms with Crippen molar-refractivity contribution in [3.8, 4) is 0 Å². The Morgan fingerprint density at radius 3 is 2.69 bits per heavy atom. The van der Waals surface area contributed by atoms with E-state index in [1.54, 1.807) is 14.0 Å². The predicted octanol–water partition coefficient (Wildman–Crippen LogP) is 0.778. The van der Waals surface area contributed by atoms with E-state index in [1.807, 2.05) is 0 Å². The predicted molar refractivity (Wildman–Crippen MR) is 58.0 cm³/mol. The number of nitrogen functional groups attached to an aromatic ring is 1. The van der Waals surface area contributed by atoms with Crippen molar-refractivity contribution in [2.45, 2.75) is 6.92 Å². The van der Waals surface area contributed by atoms with E-state index in [9.17, 15) is 0 Å². The average molecular weight is 197 g/mol. The number of anilines is 3. The van der Waals surface area contributed by atoms with Crippen molar-refractivity contribution in [3.05, 3.63) is 5.82 Å². The highest BCUT2D eigenvalue weighted by molar-refractivity contribution is 7.79. The first-order valence-corrected chi connectivity index (χ1v) is 4.18. The maximum absolute atomic E-state index is 5.66. The van der Waals surface area contributed by atoms with Gasteiger partial charge in [-0.05, 0) is 6.92 Å². The molecule has 1 rings (SSSR count). The molecule has 5 nitrogen and oxygen atoms in total. The van der Waals surface area contributed by atoms with Gasteiger partial charge in [0.2, 0.25) is 0 Å². The van der Waals surface area contributed by atoms with Crippen LogP contribution in [0.4, 0.5) is 17.3 Å². The highest BCUT2D eigenvalue weighted by atomic mass is 32.1. The number of nitrogens with one attached hydrogen (secondary N) is 2. The molecule has 0 bridgehead atoms. The molecule has 0 radical (unpaired) electrons. The zero-order valence-corrected chi connectivity index (χ0v) is 8.27. The van der Waals surface area contributed by atoms with E-state index in [0.29, 0.717) is 23.1 Å². The Morgan fingerprint density at radius 1 is 1.46 bits per heavy atom. The molecule has 1 heterocycles. The van der Waals surface area contributed by atoms with Crippen LogP contribution in [0.2, 0.25) is 0 Å². The number of nitrogens with two attached hydrogens (primary N) is 1. The molecule has 70 valence electrons. The molecule has 0 aliphatic rings. The van der Waals surface area contributed by atoms with Gasteiger partial charge in [-0.15, -0.1) is 0 Å². The quantitative estimate of drug-likeness (QED) is 0.622. The Labute approximate surface area is 81.8 Å². The lowest BCUT2D eigenvalue weighted by molar-refractivity contribution is 1.06. The van der Waals surface area contributed by atoms with Crippen LogP contribution in [0.25, 0.3) is 0 Å². The average Bonchev–Trinajstić information content (AvgIpc) is 2.09. The van der Waals surface area contributed by atoms with E-state index in [2.05, 4.69) is 32.8 Å². The van der Waals surface area contributed by atoms with Gasteiger partial charge in [-0.25, -0.2) is 9.97 Å². The van der Waals surface area contributed by atoms with E-state index >= 15 is 0 Å². The Kier molecular flexibility index (Phi) is 2.97. The summed E-state index contributed by atoms with van der Waals surface area (Å²) in [5.74, 6) is 1.65. The number of hydrogen-bond donors (Lipinski definition) is 3. The fourth-order valence-electron chi connectivity index (χ4n) is 0.976. The van der Waals surface area contributed by atoms with Crippen LogP contribution >= 0.6 is 12.2 Å². The van der Waals surface area contributed by atoms with Crippen molar-refractivity contribution in [2.24, 2.45) is 0 Å². The molecule has 0 aliphatic carbocycles. The van der Waals surface area contributed by atoms with Crippen molar-refractivity contribution in [1.82, 2.24) is 9.97 Å². The number of thiocarbonyl (C=S) groups is 1. The van der Waals surface area contributed by atoms with E-state index in [1.165, 1.54) is 5.49 Å². The maximum atomic E-state index is 5.66. The Balaban J connectivity index is 3.20. The van der Waals surface area contributed by atoms with Crippen molar-refractivity contribution in [3.63, 3.8) is 0 Å². The number of nitrogens with zero attached hydrogens (tertiary/aromatic N) is 2. The summed E-state index contributed by atoms with van der Waals surface area (Å²) in [6.07, 6.45) is 0. The summed E-state index contributed by atoms with van der Waals surface area (Å²) in [5.41, 5.74) is 7.64. The third-order valence-electron chi connectivity index (χ3n) is 1.49. The van der Waals surface area contributed by atoms with Gasteiger partial charge < -0.3 is 16.4 Å². The molecule has 0 saturated heterocycles. The summed E-state index contributed by atoms with van der Waals surface area (Å²) in [6.45, 7) is 1.78.